The van der Waals surface area contributed by atoms with Crippen LogP contribution in [-0.4, -0.2) is 12.3 Å². The van der Waals surface area contributed by atoms with E-state index in [0.717, 1.165) is 22.6 Å². The monoisotopic (exact) mass is 187 g/mol. The Morgan fingerprint density at radius 3 is 2.83 bits per heavy atom. The molecule has 4 nitrogen and oxygen atoms in total. The lowest BCUT2D eigenvalue weighted by atomic mass is 10.3. The number of hydrogen-bond donors (Lipinski definition) is 2. The Balaban J connectivity index is 2.68. The van der Waals surface area contributed by atoms with Gasteiger partial charge in [0.15, 0.2) is 0 Å². The lowest BCUT2D eigenvalue weighted by molar-refractivity contribution is -0.432. The molecule has 66 valence electrons. The lowest BCUT2D eigenvalue weighted by Crippen LogP contribution is -1.90. The molecule has 5 heteroatoms. The first kappa shape index (κ1) is 9.34. The van der Waals surface area contributed by atoms with Crippen molar-refractivity contribution >= 4 is 17.7 Å². The van der Waals surface area contributed by atoms with Crippen LogP contribution in [0.5, 0.6) is 0 Å². The van der Waals surface area contributed by atoms with Crippen LogP contribution in [0.4, 0.5) is 5.69 Å². The van der Waals surface area contributed by atoms with Crippen molar-refractivity contribution in [2.24, 2.45) is 0 Å². The molecule has 0 fully saturated rings. The van der Waals surface area contributed by atoms with Gasteiger partial charge in [-0.2, -0.15) is 0 Å². The maximum atomic E-state index is 7.93. The van der Waals surface area contributed by atoms with Gasteiger partial charge < -0.3 is 5.32 Å². The maximum absolute atomic E-state index is 7.93. The highest BCUT2D eigenvalue weighted by molar-refractivity contribution is 7.94. The van der Waals surface area contributed by atoms with Gasteiger partial charge in [-0.25, -0.2) is 5.26 Å². The summed E-state index contributed by atoms with van der Waals surface area (Å²) in [5.41, 5.74) is 0.916. The van der Waals surface area contributed by atoms with Crippen LogP contribution in [-0.2, 0) is 9.37 Å². The second kappa shape index (κ2) is 5.00. The van der Waals surface area contributed by atoms with Crippen molar-refractivity contribution in [1.82, 2.24) is 0 Å². The third kappa shape index (κ3) is 2.38. The fourth-order valence-electron chi connectivity index (χ4n) is 0.798. The molecule has 0 radical (unpaired) electrons. The molecule has 1 rings (SSSR count). The van der Waals surface area contributed by atoms with Crippen LogP contribution in [0.15, 0.2) is 29.2 Å². The van der Waals surface area contributed by atoms with Gasteiger partial charge in [0.1, 0.15) is 0 Å². The van der Waals surface area contributed by atoms with Crippen molar-refractivity contribution in [1.29, 1.82) is 0 Å². The van der Waals surface area contributed by atoms with E-state index in [1.807, 2.05) is 24.3 Å². The van der Waals surface area contributed by atoms with Crippen LogP contribution in [0.2, 0.25) is 0 Å². The molecule has 0 aliphatic carbocycles. The van der Waals surface area contributed by atoms with Crippen LogP contribution in [0, 0.1) is 0 Å². The summed E-state index contributed by atoms with van der Waals surface area (Å²) in [5, 5.41) is 14.4. The van der Waals surface area contributed by atoms with Crippen LogP contribution in [0.3, 0.4) is 0 Å². The minimum Gasteiger partial charge on any atom is -0.387 e. The van der Waals surface area contributed by atoms with E-state index in [9.17, 15) is 0 Å². The second-order valence-corrected chi connectivity index (χ2v) is 2.71. The zero-order valence-corrected chi connectivity index (χ0v) is 7.30. The molecule has 0 saturated heterocycles. The number of hydrogen-bond acceptors (Lipinski definition) is 5. The van der Waals surface area contributed by atoms with Gasteiger partial charge >= 0.3 is 0 Å². The molecule has 0 aliphatic heterocycles. The number of rotatable bonds is 4. The molecule has 2 N–H and O–H groups in total. The average molecular weight is 187 g/mol. The van der Waals surface area contributed by atoms with Crippen molar-refractivity contribution in [2.75, 3.05) is 12.4 Å². The van der Waals surface area contributed by atoms with Gasteiger partial charge in [-0.15, -0.1) is 4.33 Å². The third-order valence-corrected chi connectivity index (χ3v) is 1.98. The summed E-state index contributed by atoms with van der Waals surface area (Å²) in [6.07, 6.45) is 0. The fourth-order valence-corrected chi connectivity index (χ4v) is 1.30. The van der Waals surface area contributed by atoms with Crippen LogP contribution in [0.25, 0.3) is 0 Å². The SMILES string of the molecule is CNc1ccccc1SOOO. The average Bonchev–Trinajstić information content (AvgIpc) is 2.15. The van der Waals surface area contributed by atoms with Crippen LogP contribution < -0.4 is 5.32 Å². The Kier molecular flexibility index (Phi) is 3.89. The molecule has 1 aromatic carbocycles. The van der Waals surface area contributed by atoms with E-state index in [2.05, 4.69) is 14.7 Å². The number of para-hydroxylation sites is 1. The molecule has 0 amide bonds. The van der Waals surface area contributed by atoms with Crippen molar-refractivity contribution in [3.05, 3.63) is 24.3 Å². The Bertz CT molecular complexity index is 244. The molecule has 0 heterocycles. The van der Waals surface area contributed by atoms with Gasteiger partial charge in [0.2, 0.25) is 0 Å². The highest BCUT2D eigenvalue weighted by atomic mass is 32.2. The van der Waals surface area contributed by atoms with E-state index in [-0.39, 0.29) is 0 Å². The highest BCUT2D eigenvalue weighted by Crippen LogP contribution is 2.26. The van der Waals surface area contributed by atoms with E-state index in [4.69, 9.17) is 5.26 Å². The quantitative estimate of drug-likeness (QED) is 0.429. The van der Waals surface area contributed by atoms with Crippen molar-refractivity contribution in [3.8, 4) is 0 Å². The molecular formula is C7H9NO3S. The number of anilines is 1. The minimum atomic E-state index is 0.842. The van der Waals surface area contributed by atoms with Crippen molar-refractivity contribution < 1.29 is 14.6 Å². The first-order valence-electron chi connectivity index (χ1n) is 3.30. The van der Waals surface area contributed by atoms with E-state index >= 15 is 0 Å². The topological polar surface area (TPSA) is 50.7 Å². The lowest BCUT2D eigenvalue weighted by Gasteiger charge is -2.04. The number of nitrogens with one attached hydrogen (secondary N) is 1. The Labute approximate surface area is 74.6 Å². The van der Waals surface area contributed by atoms with Crippen molar-refractivity contribution in [3.63, 3.8) is 0 Å². The number of benzene rings is 1. The molecule has 0 bridgehead atoms. The molecular weight excluding hydrogens is 178 g/mol. The zero-order valence-electron chi connectivity index (χ0n) is 6.48. The molecule has 0 unspecified atom stereocenters. The second-order valence-electron chi connectivity index (χ2n) is 1.97. The predicted molar refractivity (Wildman–Crippen MR) is 46.6 cm³/mol. The van der Waals surface area contributed by atoms with Gasteiger partial charge in [-0.05, 0) is 12.1 Å². The molecule has 0 spiro atoms. The smallest absolute Gasteiger partial charge is 0.0736 e. The van der Waals surface area contributed by atoms with Crippen LogP contribution >= 0.6 is 12.0 Å². The maximum Gasteiger partial charge on any atom is 0.0736 e. The van der Waals surface area contributed by atoms with E-state index in [1.54, 1.807) is 7.05 Å². The van der Waals surface area contributed by atoms with Gasteiger partial charge in [0, 0.05) is 12.7 Å². The molecule has 1 aromatic rings. The third-order valence-electron chi connectivity index (χ3n) is 1.31. The van der Waals surface area contributed by atoms with Gasteiger partial charge in [0.25, 0.3) is 0 Å². The summed E-state index contributed by atoms with van der Waals surface area (Å²) >= 11 is 0.937. The Hall–Kier alpha value is -0.750. The van der Waals surface area contributed by atoms with E-state index < -0.39 is 0 Å². The summed E-state index contributed by atoms with van der Waals surface area (Å²) in [4.78, 5) is 0.842. The normalized spacial score (nSPS) is 9.83. The zero-order chi connectivity index (χ0) is 8.81. The van der Waals surface area contributed by atoms with Gasteiger partial charge in [-0.3, -0.25) is 0 Å². The highest BCUT2D eigenvalue weighted by Gasteiger charge is 2.00. The Morgan fingerprint density at radius 2 is 2.17 bits per heavy atom. The van der Waals surface area contributed by atoms with E-state index in [1.165, 1.54) is 0 Å². The summed E-state index contributed by atoms with van der Waals surface area (Å²) in [6.45, 7) is 0. The minimum absolute atomic E-state index is 0.842. The summed E-state index contributed by atoms with van der Waals surface area (Å²) in [6, 6.07) is 7.50. The van der Waals surface area contributed by atoms with E-state index in [0.29, 0.717) is 0 Å². The summed E-state index contributed by atoms with van der Waals surface area (Å²) in [5.74, 6) is 0. The van der Waals surface area contributed by atoms with Gasteiger partial charge in [0.05, 0.1) is 16.9 Å². The molecule has 12 heavy (non-hydrogen) atoms. The molecule has 0 aromatic heterocycles. The molecule has 0 saturated carbocycles. The predicted octanol–water partition coefficient (Wildman–Crippen LogP) is 2.16. The summed E-state index contributed by atoms with van der Waals surface area (Å²) in [7, 11) is 1.80. The molecule has 0 aliphatic rings. The first-order chi connectivity index (χ1) is 5.88. The van der Waals surface area contributed by atoms with Crippen LogP contribution in [0.1, 0.15) is 0 Å². The summed E-state index contributed by atoms with van der Waals surface area (Å²) < 4.78 is 4.29. The van der Waals surface area contributed by atoms with Gasteiger partial charge in [-0.1, -0.05) is 17.2 Å². The first-order valence-corrected chi connectivity index (χ1v) is 4.04. The van der Waals surface area contributed by atoms with Crippen molar-refractivity contribution in [2.45, 2.75) is 4.90 Å². The standard InChI is InChI=1S/C7H9NO3S/c1-8-6-4-2-3-5-7(6)12-11-10-9/h2-5,8-9H,1H3. The Morgan fingerprint density at radius 1 is 1.42 bits per heavy atom. The fraction of sp³-hybridized carbons (Fsp3) is 0.143. The molecule has 0 atom stereocenters. The largest absolute Gasteiger partial charge is 0.387 e.